The molecule has 3 aromatic carbocycles. The van der Waals surface area contributed by atoms with E-state index < -0.39 is 23.8 Å². The van der Waals surface area contributed by atoms with Gasteiger partial charge in [-0.15, -0.1) is 0 Å². The van der Waals surface area contributed by atoms with E-state index in [-0.39, 0.29) is 34.9 Å². The smallest absolute Gasteiger partial charge is 0.298 e. The van der Waals surface area contributed by atoms with Crippen molar-refractivity contribution in [1.82, 2.24) is 0 Å². The molecule has 1 N–H and O–H groups in total. The monoisotopic (exact) mass is 503 g/mol. The van der Waals surface area contributed by atoms with E-state index in [2.05, 4.69) is 0 Å². The van der Waals surface area contributed by atoms with E-state index in [1.807, 2.05) is 0 Å². The Hall–Kier alpha value is -3.16. The normalized spacial score (nSPS) is 12.3. The predicted molar refractivity (Wildman–Crippen MR) is 130 cm³/mol. The largest absolute Gasteiger partial charge is 0.387 e. The van der Waals surface area contributed by atoms with Crippen LogP contribution in [0.5, 0.6) is 0 Å². The third kappa shape index (κ3) is 6.10. The highest BCUT2D eigenvalue weighted by molar-refractivity contribution is 6.31. The number of aliphatic hydroxyl groups excluding tert-OH is 1. The lowest BCUT2D eigenvalue weighted by molar-refractivity contribution is -0.117. The maximum Gasteiger partial charge on any atom is 0.298 e. The van der Waals surface area contributed by atoms with Gasteiger partial charge >= 0.3 is 0 Å². The summed E-state index contributed by atoms with van der Waals surface area (Å²) in [6, 6.07) is 14.4. The minimum absolute atomic E-state index is 0.0547. The van der Waals surface area contributed by atoms with Gasteiger partial charge < -0.3 is 10.0 Å². The second-order valence-corrected chi connectivity index (χ2v) is 8.91. The first kappa shape index (κ1) is 26.4. The molecule has 0 radical (unpaired) electrons. The number of halogens is 4. The molecule has 0 aliphatic rings. The van der Waals surface area contributed by atoms with Crippen LogP contribution in [0.25, 0.3) is 0 Å². The lowest BCUT2D eigenvalue weighted by Crippen LogP contribution is -2.27. The molecule has 1 atom stereocenters. The molecule has 0 spiro atoms. The van der Waals surface area contributed by atoms with Gasteiger partial charge in [0.15, 0.2) is 0 Å². The second-order valence-electron chi connectivity index (χ2n) is 8.50. The molecule has 0 aromatic heterocycles. The summed E-state index contributed by atoms with van der Waals surface area (Å²) in [5.41, 5.74) is 2.01. The van der Waals surface area contributed by atoms with Crippen LogP contribution in [0.2, 0.25) is 5.02 Å². The zero-order valence-corrected chi connectivity index (χ0v) is 20.2. The Bertz CT molecular complexity index is 1230. The second kappa shape index (κ2) is 10.6. The van der Waals surface area contributed by atoms with Gasteiger partial charge in [-0.25, -0.2) is 4.39 Å². The minimum Gasteiger partial charge on any atom is -0.387 e. The number of aliphatic hydroxyl groups is 1. The summed E-state index contributed by atoms with van der Waals surface area (Å²) in [5.74, 6) is -4.53. The molecule has 0 aliphatic carbocycles. The highest BCUT2D eigenvalue weighted by Crippen LogP contribution is 2.32. The summed E-state index contributed by atoms with van der Waals surface area (Å²) in [4.78, 5) is 26.5. The van der Waals surface area contributed by atoms with Crippen molar-refractivity contribution in [3.05, 3.63) is 99.3 Å². The number of hydrogen-bond donors (Lipinski definition) is 1. The van der Waals surface area contributed by atoms with E-state index in [0.717, 1.165) is 13.0 Å². The van der Waals surface area contributed by atoms with Gasteiger partial charge in [-0.1, -0.05) is 48.0 Å². The summed E-state index contributed by atoms with van der Waals surface area (Å²) in [5, 5.41) is 9.51. The maximum absolute atomic E-state index is 14.3. The molecule has 0 fully saturated rings. The number of carbonyl (C=O) groups excluding carboxylic acids is 2. The third-order valence-corrected chi connectivity index (χ3v) is 6.17. The van der Waals surface area contributed by atoms with Crippen LogP contribution < -0.4 is 4.90 Å². The zero-order valence-electron chi connectivity index (χ0n) is 19.5. The van der Waals surface area contributed by atoms with Gasteiger partial charge in [0.05, 0.1) is 5.69 Å². The minimum atomic E-state index is -3.37. The van der Waals surface area contributed by atoms with E-state index >= 15 is 0 Å². The number of hydrogen-bond acceptors (Lipinski definition) is 3. The Labute approximate surface area is 207 Å². The number of rotatable bonds is 8. The molecule has 1 unspecified atom stereocenters. The van der Waals surface area contributed by atoms with Crippen LogP contribution in [0.1, 0.15) is 39.5 Å². The molecule has 4 nitrogen and oxygen atoms in total. The standard InChI is InChI=1S/C27H25ClF3NO3/c1-16-12-25(24(29)15-23(16)28)32(3)26(35)20-8-4-18(5-9-20)13-22(34)14-19-6-10-21(11-7-19)27(30,31)17(2)33/h4-12,15,17,33H,13-14H2,1-3H3. The van der Waals surface area contributed by atoms with Crippen LogP contribution in [-0.2, 0) is 23.6 Å². The van der Waals surface area contributed by atoms with Crippen molar-refractivity contribution in [3.8, 4) is 0 Å². The molecule has 184 valence electrons. The first-order valence-electron chi connectivity index (χ1n) is 10.9. The molecule has 0 heterocycles. The van der Waals surface area contributed by atoms with Crippen molar-refractivity contribution in [3.63, 3.8) is 0 Å². The number of benzene rings is 3. The Morgan fingerprint density at radius 1 is 1.00 bits per heavy atom. The first-order chi connectivity index (χ1) is 16.4. The molecule has 3 aromatic rings. The summed E-state index contributed by atoms with van der Waals surface area (Å²) in [6.07, 6.45) is -1.67. The first-order valence-corrected chi connectivity index (χ1v) is 11.3. The number of Topliss-reactive ketones (excluding diaryl/α,β-unsaturated/α-hetero) is 1. The Morgan fingerprint density at radius 2 is 1.51 bits per heavy atom. The van der Waals surface area contributed by atoms with Crippen LogP contribution in [0.3, 0.4) is 0 Å². The predicted octanol–water partition coefficient (Wildman–Crippen LogP) is 5.89. The summed E-state index contributed by atoms with van der Waals surface area (Å²) < 4.78 is 42.1. The maximum atomic E-state index is 14.3. The number of amides is 1. The van der Waals surface area contributed by atoms with E-state index in [1.165, 1.54) is 42.3 Å². The molecule has 3 rings (SSSR count). The van der Waals surface area contributed by atoms with E-state index in [9.17, 15) is 27.9 Å². The quantitative estimate of drug-likeness (QED) is 0.417. The molecule has 0 saturated heterocycles. The summed E-state index contributed by atoms with van der Waals surface area (Å²) in [7, 11) is 1.47. The molecule has 0 aliphatic heterocycles. The van der Waals surface area contributed by atoms with Crippen LogP contribution in [0, 0.1) is 12.7 Å². The molecule has 8 heteroatoms. The molecule has 0 bridgehead atoms. The molecular formula is C27H25ClF3NO3. The Morgan fingerprint density at radius 3 is 2.03 bits per heavy atom. The van der Waals surface area contributed by atoms with Gasteiger partial charge in [0.1, 0.15) is 17.7 Å². The number of alkyl halides is 2. The van der Waals surface area contributed by atoms with Gasteiger partial charge in [0, 0.05) is 36.0 Å². The number of anilines is 1. The van der Waals surface area contributed by atoms with Crippen LogP contribution in [0.4, 0.5) is 18.9 Å². The average molecular weight is 504 g/mol. The highest BCUT2D eigenvalue weighted by atomic mass is 35.5. The Kier molecular flexibility index (Phi) is 8.03. The van der Waals surface area contributed by atoms with Crippen molar-refractivity contribution in [2.45, 2.75) is 38.7 Å². The average Bonchev–Trinajstić information content (AvgIpc) is 2.81. The van der Waals surface area contributed by atoms with Crippen LogP contribution in [-0.4, -0.2) is 29.9 Å². The molecule has 35 heavy (non-hydrogen) atoms. The van der Waals surface area contributed by atoms with Crippen LogP contribution in [0.15, 0.2) is 60.7 Å². The fraction of sp³-hybridized carbons (Fsp3) is 0.259. The fourth-order valence-corrected chi connectivity index (χ4v) is 3.72. The number of carbonyl (C=O) groups is 2. The van der Waals surface area contributed by atoms with E-state index in [4.69, 9.17) is 11.6 Å². The van der Waals surface area contributed by atoms with E-state index in [0.29, 0.717) is 22.3 Å². The molecular weight excluding hydrogens is 479 g/mol. The zero-order chi connectivity index (χ0) is 25.9. The molecule has 1 amide bonds. The molecule has 0 saturated carbocycles. The highest BCUT2D eigenvalue weighted by Gasteiger charge is 2.37. The van der Waals surface area contributed by atoms with Gasteiger partial charge in [-0.2, -0.15) is 8.78 Å². The van der Waals surface area contributed by atoms with Gasteiger partial charge in [0.2, 0.25) is 0 Å². The number of nitrogens with zero attached hydrogens (tertiary/aromatic N) is 1. The van der Waals surface area contributed by atoms with Gasteiger partial charge in [-0.3, -0.25) is 9.59 Å². The van der Waals surface area contributed by atoms with Crippen molar-refractivity contribution in [2.24, 2.45) is 0 Å². The van der Waals surface area contributed by atoms with E-state index in [1.54, 1.807) is 31.2 Å². The number of aryl methyl sites for hydroxylation is 1. The number of ketones is 1. The van der Waals surface area contributed by atoms with Crippen molar-refractivity contribution in [1.29, 1.82) is 0 Å². The topological polar surface area (TPSA) is 57.6 Å². The van der Waals surface area contributed by atoms with Gasteiger partial charge in [0.25, 0.3) is 11.8 Å². The lowest BCUT2D eigenvalue weighted by atomic mass is 9.98. The van der Waals surface area contributed by atoms with Crippen molar-refractivity contribution < 1.29 is 27.9 Å². The fourth-order valence-electron chi connectivity index (χ4n) is 3.57. The van der Waals surface area contributed by atoms with Crippen molar-refractivity contribution in [2.75, 3.05) is 11.9 Å². The third-order valence-electron chi connectivity index (χ3n) is 5.76. The van der Waals surface area contributed by atoms with Crippen LogP contribution >= 0.6 is 11.6 Å². The SMILES string of the molecule is Cc1cc(N(C)C(=O)c2ccc(CC(=O)Cc3ccc(C(F)(F)C(C)O)cc3)cc2)c(F)cc1Cl. The van der Waals surface area contributed by atoms with Gasteiger partial charge in [-0.05, 0) is 54.8 Å². The lowest BCUT2D eigenvalue weighted by Gasteiger charge is -2.19. The summed E-state index contributed by atoms with van der Waals surface area (Å²) >= 11 is 5.92. The summed E-state index contributed by atoms with van der Waals surface area (Å²) in [6.45, 7) is 2.74. The Balaban J connectivity index is 1.63. The van der Waals surface area contributed by atoms with Crippen molar-refractivity contribution >= 4 is 29.0 Å².